The molecule has 1 aromatic carbocycles. The molecule has 0 fully saturated rings. The zero-order valence-corrected chi connectivity index (χ0v) is 9.27. The van der Waals surface area contributed by atoms with Crippen molar-refractivity contribution in [3.05, 3.63) is 29.6 Å². The van der Waals surface area contributed by atoms with E-state index in [0.717, 1.165) is 16.9 Å². The molecule has 5 N–H and O–H groups in total. The standard InChI is InChI=1S/C10H12N4S/c1-6-2-3-7-8(4-6)14-9(13-7)5-15-10(11)12/h2-4H,5H2,1H3,(H3,11,12)(H,13,14)/p+1. The van der Waals surface area contributed by atoms with Crippen molar-refractivity contribution in [2.24, 2.45) is 5.73 Å². The Morgan fingerprint density at radius 3 is 3.13 bits per heavy atom. The number of aryl methyl sites for hydroxylation is 1. The fourth-order valence-electron chi connectivity index (χ4n) is 1.40. The third kappa shape index (κ3) is 2.30. The van der Waals surface area contributed by atoms with Gasteiger partial charge in [-0.15, -0.1) is 0 Å². The molecule has 2 aromatic rings. The second-order valence-corrected chi connectivity index (χ2v) is 4.44. The highest BCUT2D eigenvalue weighted by Gasteiger charge is 2.04. The van der Waals surface area contributed by atoms with E-state index in [1.165, 1.54) is 17.3 Å². The minimum atomic E-state index is 0.367. The summed E-state index contributed by atoms with van der Waals surface area (Å²) in [7, 11) is 0. The Morgan fingerprint density at radius 1 is 1.60 bits per heavy atom. The van der Waals surface area contributed by atoms with Gasteiger partial charge in [-0.2, -0.15) is 0 Å². The summed E-state index contributed by atoms with van der Waals surface area (Å²) >= 11 is 1.38. The third-order valence-corrected chi connectivity index (χ3v) is 2.81. The molecule has 1 heterocycles. The molecule has 0 aliphatic heterocycles. The van der Waals surface area contributed by atoms with Gasteiger partial charge in [-0.05, 0) is 36.4 Å². The first-order valence-electron chi connectivity index (χ1n) is 4.61. The van der Waals surface area contributed by atoms with Crippen molar-refractivity contribution in [2.75, 3.05) is 0 Å². The van der Waals surface area contributed by atoms with Crippen LogP contribution in [0, 0.1) is 6.92 Å². The van der Waals surface area contributed by atoms with E-state index in [9.17, 15) is 0 Å². The molecule has 0 unspecified atom stereocenters. The van der Waals surface area contributed by atoms with Gasteiger partial charge in [0.25, 0.3) is 5.17 Å². The molecule has 1 aromatic heterocycles. The number of hydrogen-bond donors (Lipinski definition) is 3. The minimum Gasteiger partial charge on any atom is -0.341 e. The van der Waals surface area contributed by atoms with E-state index in [4.69, 9.17) is 11.1 Å². The van der Waals surface area contributed by atoms with Crippen molar-refractivity contribution in [1.82, 2.24) is 9.97 Å². The number of benzene rings is 1. The van der Waals surface area contributed by atoms with E-state index < -0.39 is 0 Å². The maximum Gasteiger partial charge on any atom is 0.300 e. The summed E-state index contributed by atoms with van der Waals surface area (Å²) in [6.45, 7) is 2.06. The van der Waals surface area contributed by atoms with E-state index in [2.05, 4.69) is 23.0 Å². The van der Waals surface area contributed by atoms with Gasteiger partial charge in [0.15, 0.2) is 0 Å². The summed E-state index contributed by atoms with van der Waals surface area (Å²) in [5, 5.41) is 5.74. The summed E-state index contributed by atoms with van der Waals surface area (Å²) in [5.74, 6) is 1.57. The van der Waals surface area contributed by atoms with Crippen LogP contribution in [0.15, 0.2) is 18.2 Å². The van der Waals surface area contributed by atoms with Gasteiger partial charge < -0.3 is 4.98 Å². The van der Waals surface area contributed by atoms with Crippen LogP contribution in [0.25, 0.3) is 11.0 Å². The van der Waals surface area contributed by atoms with Gasteiger partial charge >= 0.3 is 0 Å². The van der Waals surface area contributed by atoms with Gasteiger partial charge in [0.2, 0.25) is 0 Å². The van der Waals surface area contributed by atoms with Crippen LogP contribution in [0.4, 0.5) is 0 Å². The summed E-state index contributed by atoms with van der Waals surface area (Å²) in [5.41, 5.74) is 8.63. The fourth-order valence-corrected chi connectivity index (χ4v) is 1.84. The molecular formula is C10H13N4S+. The predicted octanol–water partition coefficient (Wildman–Crippen LogP) is 0.178. The van der Waals surface area contributed by atoms with E-state index in [1.807, 2.05) is 12.1 Å². The quantitative estimate of drug-likeness (QED) is 0.500. The second kappa shape index (κ2) is 3.94. The first-order chi connectivity index (χ1) is 7.15. The van der Waals surface area contributed by atoms with Crippen molar-refractivity contribution in [2.45, 2.75) is 12.7 Å². The van der Waals surface area contributed by atoms with E-state index in [-0.39, 0.29) is 0 Å². The van der Waals surface area contributed by atoms with Crippen molar-refractivity contribution >= 4 is 28.0 Å². The first-order valence-corrected chi connectivity index (χ1v) is 5.59. The summed E-state index contributed by atoms with van der Waals surface area (Å²) in [4.78, 5) is 7.66. The number of H-pyrrole nitrogens is 1. The Kier molecular flexibility index (Phi) is 2.64. The lowest BCUT2D eigenvalue weighted by Gasteiger charge is -1.90. The molecule has 0 saturated carbocycles. The van der Waals surface area contributed by atoms with E-state index in [0.29, 0.717) is 10.9 Å². The number of rotatable bonds is 2. The maximum absolute atomic E-state index is 5.37. The molecule has 0 atom stereocenters. The van der Waals surface area contributed by atoms with Crippen molar-refractivity contribution in [3.8, 4) is 0 Å². The van der Waals surface area contributed by atoms with Crippen LogP contribution in [-0.2, 0) is 5.75 Å². The Labute approximate surface area is 91.8 Å². The second-order valence-electron chi connectivity index (χ2n) is 3.40. The first kappa shape index (κ1) is 10.0. The molecule has 0 saturated heterocycles. The molecule has 78 valence electrons. The van der Waals surface area contributed by atoms with Gasteiger partial charge in [0.1, 0.15) is 5.82 Å². The Balaban J connectivity index is 2.27. The largest absolute Gasteiger partial charge is 0.341 e. The zero-order chi connectivity index (χ0) is 10.8. The van der Waals surface area contributed by atoms with Crippen LogP contribution in [-0.4, -0.2) is 15.1 Å². The van der Waals surface area contributed by atoms with Crippen LogP contribution in [0.2, 0.25) is 0 Å². The number of nitrogens with two attached hydrogens (primary N) is 2. The molecule has 2 rings (SSSR count). The molecule has 4 nitrogen and oxygen atoms in total. The van der Waals surface area contributed by atoms with E-state index >= 15 is 0 Å². The average Bonchev–Trinajstić information content (AvgIpc) is 2.56. The smallest absolute Gasteiger partial charge is 0.300 e. The van der Waals surface area contributed by atoms with Crippen molar-refractivity contribution in [3.63, 3.8) is 0 Å². The number of nitrogens with zero attached hydrogens (tertiary/aromatic N) is 1. The van der Waals surface area contributed by atoms with Crippen molar-refractivity contribution in [1.29, 1.82) is 0 Å². The predicted molar refractivity (Wildman–Crippen MR) is 63.2 cm³/mol. The van der Waals surface area contributed by atoms with Crippen molar-refractivity contribution < 1.29 is 5.41 Å². The topological polar surface area (TPSA) is 80.3 Å². The van der Waals surface area contributed by atoms with Crippen LogP contribution in [0.5, 0.6) is 0 Å². The zero-order valence-electron chi connectivity index (χ0n) is 8.45. The van der Waals surface area contributed by atoms with Crippen LogP contribution in [0.1, 0.15) is 11.4 Å². The Bertz CT molecular complexity index is 503. The summed E-state index contributed by atoms with van der Waals surface area (Å²) < 4.78 is 0. The number of amidine groups is 1. The lowest BCUT2D eigenvalue weighted by atomic mass is 10.2. The molecule has 0 bridgehead atoms. The number of imidazole rings is 1. The average molecular weight is 221 g/mol. The molecule has 0 spiro atoms. The summed E-state index contributed by atoms with van der Waals surface area (Å²) in [6.07, 6.45) is 0. The molecule has 0 amide bonds. The Hall–Kier alpha value is -1.49. The monoisotopic (exact) mass is 221 g/mol. The van der Waals surface area contributed by atoms with Gasteiger partial charge in [-0.3, -0.25) is 11.1 Å². The number of aromatic amines is 1. The molecule has 5 heteroatoms. The summed E-state index contributed by atoms with van der Waals surface area (Å²) in [6, 6.07) is 6.13. The molecule has 0 radical (unpaired) electrons. The number of thioether (sulfide) groups is 1. The van der Waals surface area contributed by atoms with Gasteiger partial charge in [-0.25, -0.2) is 4.98 Å². The lowest BCUT2D eigenvalue weighted by Crippen LogP contribution is -2.43. The van der Waals surface area contributed by atoms with Crippen LogP contribution >= 0.6 is 11.8 Å². The highest BCUT2D eigenvalue weighted by Crippen LogP contribution is 2.15. The molecular weight excluding hydrogens is 208 g/mol. The normalized spacial score (nSPS) is 10.7. The highest BCUT2D eigenvalue weighted by atomic mass is 32.2. The fraction of sp³-hybridized carbons (Fsp3) is 0.200. The SMILES string of the molecule is Cc1ccc2nc(CSC(N)=[NH2+])[nH]c2c1. The van der Waals surface area contributed by atoms with Crippen LogP contribution in [0.3, 0.4) is 0 Å². The van der Waals surface area contributed by atoms with Gasteiger partial charge in [-0.1, -0.05) is 6.07 Å². The highest BCUT2D eigenvalue weighted by molar-refractivity contribution is 8.12. The number of aromatic nitrogens is 2. The number of nitrogens with one attached hydrogen (secondary N) is 1. The van der Waals surface area contributed by atoms with Gasteiger partial charge in [0, 0.05) is 0 Å². The Morgan fingerprint density at radius 2 is 2.40 bits per heavy atom. The van der Waals surface area contributed by atoms with Gasteiger partial charge in [0.05, 0.1) is 16.8 Å². The van der Waals surface area contributed by atoms with Crippen LogP contribution < -0.4 is 11.1 Å². The molecule has 15 heavy (non-hydrogen) atoms. The number of fused-ring (bicyclic) bond motifs is 1. The van der Waals surface area contributed by atoms with E-state index in [1.54, 1.807) is 0 Å². The minimum absolute atomic E-state index is 0.367. The molecule has 0 aliphatic rings. The molecule has 0 aliphatic carbocycles. The lowest BCUT2D eigenvalue weighted by molar-refractivity contribution is -0.110. The number of hydrogen-bond acceptors (Lipinski definition) is 2. The third-order valence-electron chi connectivity index (χ3n) is 2.06. The maximum atomic E-state index is 5.37.